The Kier molecular flexibility index (Phi) is 3.35. The van der Waals surface area contributed by atoms with Crippen LogP contribution in [0, 0.1) is 0 Å². The van der Waals surface area contributed by atoms with E-state index in [-0.39, 0.29) is 5.56 Å². The molecule has 1 unspecified atom stereocenters. The van der Waals surface area contributed by atoms with Crippen molar-refractivity contribution in [1.82, 2.24) is 0 Å². The summed E-state index contributed by atoms with van der Waals surface area (Å²) in [6, 6.07) is 4.86. The minimum atomic E-state index is -4.47. The molecule has 0 saturated carbocycles. The van der Waals surface area contributed by atoms with Crippen LogP contribution >= 0.6 is 0 Å². The van der Waals surface area contributed by atoms with E-state index in [1.165, 1.54) is 18.2 Å². The molecule has 0 aliphatic carbocycles. The van der Waals surface area contributed by atoms with Gasteiger partial charge in [-0.15, -0.1) is 5.73 Å². The lowest BCUT2D eigenvalue weighted by Gasteiger charge is -2.14. The SMILES string of the molecule is C=C=CC(O)c1ccccc1C(F)(F)F. The molecular weight excluding hydrogens is 205 g/mol. The van der Waals surface area contributed by atoms with Gasteiger partial charge in [0.15, 0.2) is 0 Å². The van der Waals surface area contributed by atoms with E-state index in [1.54, 1.807) is 0 Å². The van der Waals surface area contributed by atoms with E-state index in [0.29, 0.717) is 0 Å². The van der Waals surface area contributed by atoms with Crippen LogP contribution in [0.4, 0.5) is 13.2 Å². The molecule has 1 aromatic rings. The van der Waals surface area contributed by atoms with Gasteiger partial charge in [-0.3, -0.25) is 0 Å². The van der Waals surface area contributed by atoms with Crippen molar-refractivity contribution in [2.24, 2.45) is 0 Å². The second-order valence-electron chi connectivity index (χ2n) is 2.90. The van der Waals surface area contributed by atoms with Gasteiger partial charge in [-0.05, 0) is 17.7 Å². The first-order valence-electron chi connectivity index (χ1n) is 4.17. The summed E-state index contributed by atoms with van der Waals surface area (Å²) in [5, 5.41) is 9.41. The number of rotatable bonds is 2. The Hall–Kier alpha value is -1.51. The first kappa shape index (κ1) is 11.6. The van der Waals surface area contributed by atoms with Crippen molar-refractivity contribution in [2.75, 3.05) is 0 Å². The summed E-state index contributed by atoms with van der Waals surface area (Å²) in [6.07, 6.45) is -4.72. The summed E-state index contributed by atoms with van der Waals surface area (Å²) in [6.45, 7) is 3.20. The average Bonchev–Trinajstić information content (AvgIpc) is 2.17. The van der Waals surface area contributed by atoms with Crippen LogP contribution in [0.25, 0.3) is 0 Å². The van der Waals surface area contributed by atoms with Crippen LogP contribution in [0.3, 0.4) is 0 Å². The molecule has 0 heterocycles. The summed E-state index contributed by atoms with van der Waals surface area (Å²) < 4.78 is 37.5. The molecule has 0 fully saturated rings. The lowest BCUT2D eigenvalue weighted by molar-refractivity contribution is -0.138. The molecular formula is C11H9F3O. The quantitative estimate of drug-likeness (QED) is 0.750. The Morgan fingerprint density at radius 3 is 2.47 bits per heavy atom. The largest absolute Gasteiger partial charge is 0.416 e. The normalized spacial score (nSPS) is 13.1. The zero-order valence-electron chi connectivity index (χ0n) is 7.75. The zero-order chi connectivity index (χ0) is 11.5. The van der Waals surface area contributed by atoms with E-state index in [0.717, 1.165) is 12.1 Å². The number of halogens is 3. The third-order valence-electron chi connectivity index (χ3n) is 1.86. The molecule has 0 amide bonds. The minimum absolute atomic E-state index is 0.193. The van der Waals surface area contributed by atoms with Crippen molar-refractivity contribution < 1.29 is 18.3 Å². The minimum Gasteiger partial charge on any atom is -0.384 e. The molecule has 1 nitrogen and oxygen atoms in total. The van der Waals surface area contributed by atoms with Crippen LogP contribution < -0.4 is 0 Å². The highest BCUT2D eigenvalue weighted by molar-refractivity contribution is 5.33. The monoisotopic (exact) mass is 214 g/mol. The van der Waals surface area contributed by atoms with Gasteiger partial charge in [0.05, 0.1) is 5.56 Å². The van der Waals surface area contributed by atoms with Gasteiger partial charge in [0.2, 0.25) is 0 Å². The van der Waals surface area contributed by atoms with Crippen molar-refractivity contribution >= 4 is 0 Å². The molecule has 0 aliphatic rings. The molecule has 0 radical (unpaired) electrons. The topological polar surface area (TPSA) is 20.2 Å². The number of benzene rings is 1. The second kappa shape index (κ2) is 4.34. The molecule has 0 spiro atoms. The lowest BCUT2D eigenvalue weighted by Crippen LogP contribution is -2.10. The zero-order valence-corrected chi connectivity index (χ0v) is 7.75. The molecule has 1 atom stereocenters. The van der Waals surface area contributed by atoms with E-state index in [9.17, 15) is 18.3 Å². The van der Waals surface area contributed by atoms with Crippen LogP contribution in [-0.2, 0) is 6.18 Å². The molecule has 0 bridgehead atoms. The fraction of sp³-hybridized carbons (Fsp3) is 0.182. The summed E-state index contributed by atoms with van der Waals surface area (Å²) in [7, 11) is 0. The van der Waals surface area contributed by atoms with Gasteiger partial charge in [-0.25, -0.2) is 0 Å². The second-order valence-corrected chi connectivity index (χ2v) is 2.90. The van der Waals surface area contributed by atoms with Gasteiger partial charge in [0, 0.05) is 0 Å². The maximum absolute atomic E-state index is 12.5. The van der Waals surface area contributed by atoms with Gasteiger partial charge in [0.25, 0.3) is 0 Å². The third-order valence-corrected chi connectivity index (χ3v) is 1.86. The van der Waals surface area contributed by atoms with Gasteiger partial charge in [-0.2, -0.15) is 13.2 Å². The lowest BCUT2D eigenvalue weighted by atomic mass is 10.0. The number of alkyl halides is 3. The fourth-order valence-electron chi connectivity index (χ4n) is 1.21. The van der Waals surface area contributed by atoms with E-state index in [2.05, 4.69) is 12.3 Å². The molecule has 1 aromatic carbocycles. The highest BCUT2D eigenvalue weighted by Crippen LogP contribution is 2.34. The van der Waals surface area contributed by atoms with Gasteiger partial charge in [-0.1, -0.05) is 24.8 Å². The van der Waals surface area contributed by atoms with Crippen molar-refractivity contribution in [3.8, 4) is 0 Å². The predicted octanol–water partition coefficient (Wildman–Crippen LogP) is 3.08. The molecule has 80 valence electrons. The van der Waals surface area contributed by atoms with Gasteiger partial charge >= 0.3 is 6.18 Å². The molecule has 0 saturated heterocycles. The maximum atomic E-state index is 12.5. The highest BCUT2D eigenvalue weighted by Gasteiger charge is 2.34. The van der Waals surface area contributed by atoms with E-state index in [1.807, 2.05) is 0 Å². The number of aliphatic hydroxyl groups is 1. The van der Waals surface area contributed by atoms with E-state index < -0.39 is 17.8 Å². The van der Waals surface area contributed by atoms with Gasteiger partial charge < -0.3 is 5.11 Å². The van der Waals surface area contributed by atoms with Crippen LogP contribution in [0.5, 0.6) is 0 Å². The maximum Gasteiger partial charge on any atom is 0.416 e. The number of hydrogen-bond donors (Lipinski definition) is 1. The van der Waals surface area contributed by atoms with E-state index in [4.69, 9.17) is 0 Å². The van der Waals surface area contributed by atoms with Crippen LogP contribution in [0.15, 0.2) is 42.7 Å². The summed E-state index contributed by atoms with van der Waals surface area (Å²) in [5.74, 6) is 0. The Balaban J connectivity index is 3.23. The van der Waals surface area contributed by atoms with Gasteiger partial charge in [0.1, 0.15) is 6.10 Å². The van der Waals surface area contributed by atoms with Crippen molar-refractivity contribution in [3.63, 3.8) is 0 Å². The van der Waals surface area contributed by atoms with Crippen LogP contribution in [-0.4, -0.2) is 5.11 Å². The summed E-state index contributed by atoms with van der Waals surface area (Å²) in [4.78, 5) is 0. The fourth-order valence-corrected chi connectivity index (χ4v) is 1.21. The molecule has 0 aliphatic heterocycles. The summed E-state index contributed by atoms with van der Waals surface area (Å²) in [5.41, 5.74) is 1.22. The van der Waals surface area contributed by atoms with Crippen LogP contribution in [0.1, 0.15) is 17.2 Å². The van der Waals surface area contributed by atoms with Crippen molar-refractivity contribution in [2.45, 2.75) is 12.3 Å². The first-order chi connectivity index (χ1) is 6.96. The average molecular weight is 214 g/mol. The Labute approximate surface area is 85.2 Å². The Bertz CT molecular complexity index is 389. The molecule has 0 aromatic heterocycles. The van der Waals surface area contributed by atoms with Crippen LogP contribution in [0.2, 0.25) is 0 Å². The summed E-state index contributed by atoms with van der Waals surface area (Å²) >= 11 is 0. The Morgan fingerprint density at radius 2 is 1.93 bits per heavy atom. The van der Waals surface area contributed by atoms with E-state index >= 15 is 0 Å². The van der Waals surface area contributed by atoms with Crippen molar-refractivity contribution in [3.05, 3.63) is 53.8 Å². The molecule has 15 heavy (non-hydrogen) atoms. The predicted molar refractivity (Wildman–Crippen MR) is 50.1 cm³/mol. The highest BCUT2D eigenvalue weighted by atomic mass is 19.4. The Morgan fingerprint density at radius 1 is 1.33 bits per heavy atom. The molecule has 1 N–H and O–H groups in total. The third kappa shape index (κ3) is 2.72. The molecule has 4 heteroatoms. The smallest absolute Gasteiger partial charge is 0.384 e. The number of aliphatic hydroxyl groups excluding tert-OH is 1. The standard InChI is InChI=1S/C11H9F3O/c1-2-5-10(15)8-6-3-4-7-9(8)11(12,13)14/h3-7,10,15H,1H2. The molecule has 1 rings (SSSR count). The van der Waals surface area contributed by atoms with Crippen molar-refractivity contribution in [1.29, 1.82) is 0 Å². The number of hydrogen-bond acceptors (Lipinski definition) is 1. The first-order valence-corrected chi connectivity index (χ1v) is 4.17.